The van der Waals surface area contributed by atoms with E-state index in [1.54, 1.807) is 11.0 Å². The monoisotopic (exact) mass is 280 g/mol. The van der Waals surface area contributed by atoms with Gasteiger partial charge in [0.15, 0.2) is 0 Å². The van der Waals surface area contributed by atoms with Crippen LogP contribution in [0.1, 0.15) is 29.6 Å². The van der Waals surface area contributed by atoms with Crippen molar-refractivity contribution in [3.63, 3.8) is 0 Å². The van der Waals surface area contributed by atoms with Gasteiger partial charge in [-0.1, -0.05) is 6.07 Å². The lowest BCUT2D eigenvalue weighted by Crippen LogP contribution is -2.42. The summed E-state index contributed by atoms with van der Waals surface area (Å²) < 4.78 is 0. The number of aliphatic hydroxyl groups excluding tert-OH is 1. The fourth-order valence-electron chi connectivity index (χ4n) is 2.43. The summed E-state index contributed by atoms with van der Waals surface area (Å²) in [5.41, 5.74) is -0.455. The molecule has 7 nitrogen and oxygen atoms in total. The van der Waals surface area contributed by atoms with E-state index < -0.39 is 16.6 Å². The van der Waals surface area contributed by atoms with Crippen molar-refractivity contribution in [2.75, 3.05) is 18.1 Å². The molecule has 7 heteroatoms. The molecular weight excluding hydrogens is 264 g/mol. The molecule has 0 heterocycles. The van der Waals surface area contributed by atoms with Crippen molar-refractivity contribution in [2.45, 2.75) is 25.3 Å². The number of aromatic carboxylic acids is 1. The Morgan fingerprint density at radius 3 is 2.60 bits per heavy atom. The molecule has 0 atom stereocenters. The Balaban J connectivity index is 2.50. The Morgan fingerprint density at radius 1 is 1.45 bits per heavy atom. The molecule has 0 saturated heterocycles. The molecule has 1 aliphatic rings. The molecule has 0 bridgehead atoms. The van der Waals surface area contributed by atoms with Crippen LogP contribution in [0.15, 0.2) is 18.2 Å². The maximum Gasteiger partial charge on any atom is 0.342 e. The number of carboxylic acids is 1. The number of carboxylic acid groups (broad SMARTS) is 1. The number of nitrogens with zero attached hydrogens (tertiary/aromatic N) is 2. The molecule has 1 aliphatic carbocycles. The summed E-state index contributed by atoms with van der Waals surface area (Å²) in [6.07, 6.45) is 2.84. The van der Waals surface area contributed by atoms with Crippen LogP contribution in [0, 0.1) is 10.1 Å². The average molecular weight is 280 g/mol. The van der Waals surface area contributed by atoms with Crippen LogP contribution in [0.2, 0.25) is 0 Å². The molecule has 1 aromatic rings. The van der Waals surface area contributed by atoms with Gasteiger partial charge in [-0.05, 0) is 31.4 Å². The highest BCUT2D eigenvalue weighted by molar-refractivity contribution is 5.95. The standard InChI is InChI=1S/C13H16N2O5/c16-8-7-14(9-3-1-4-9)11-6-2-5-10(13(17)18)12(11)15(19)20/h2,5-6,9,16H,1,3-4,7-8H2,(H,17,18). The first-order chi connectivity index (χ1) is 9.56. The third kappa shape index (κ3) is 2.57. The second-order valence-electron chi connectivity index (χ2n) is 4.74. The summed E-state index contributed by atoms with van der Waals surface area (Å²) in [6.45, 7) is 0.125. The number of hydrogen-bond acceptors (Lipinski definition) is 5. The zero-order chi connectivity index (χ0) is 14.7. The predicted octanol–water partition coefficient (Wildman–Crippen LogP) is 1.64. The third-order valence-electron chi connectivity index (χ3n) is 3.59. The summed E-state index contributed by atoms with van der Waals surface area (Å²) in [5.74, 6) is -1.32. The maximum absolute atomic E-state index is 11.2. The Bertz CT molecular complexity index is 527. The van der Waals surface area contributed by atoms with Crippen molar-refractivity contribution in [2.24, 2.45) is 0 Å². The fraction of sp³-hybridized carbons (Fsp3) is 0.462. The molecule has 0 amide bonds. The molecule has 1 fully saturated rings. The van der Waals surface area contributed by atoms with E-state index in [0.717, 1.165) is 19.3 Å². The van der Waals surface area contributed by atoms with Gasteiger partial charge in [-0.2, -0.15) is 0 Å². The van der Waals surface area contributed by atoms with E-state index in [0.29, 0.717) is 0 Å². The second kappa shape index (κ2) is 5.87. The largest absolute Gasteiger partial charge is 0.477 e. The zero-order valence-electron chi connectivity index (χ0n) is 10.9. The van der Waals surface area contributed by atoms with E-state index in [9.17, 15) is 14.9 Å². The van der Waals surface area contributed by atoms with Crippen LogP contribution in [0.5, 0.6) is 0 Å². The van der Waals surface area contributed by atoms with Crippen LogP contribution < -0.4 is 4.90 Å². The number of aliphatic hydroxyl groups is 1. The predicted molar refractivity (Wildman–Crippen MR) is 72.1 cm³/mol. The topological polar surface area (TPSA) is 104 Å². The second-order valence-corrected chi connectivity index (χ2v) is 4.74. The minimum atomic E-state index is -1.32. The van der Waals surface area contributed by atoms with Crippen LogP contribution in [-0.2, 0) is 0 Å². The highest BCUT2D eigenvalue weighted by atomic mass is 16.6. The number of nitro groups is 1. The normalized spacial score (nSPS) is 14.7. The molecule has 0 aromatic heterocycles. The van der Waals surface area contributed by atoms with Gasteiger partial charge in [0.1, 0.15) is 11.3 Å². The summed E-state index contributed by atoms with van der Waals surface area (Å²) in [7, 11) is 0. The molecule has 1 saturated carbocycles. The Labute approximate surface area is 115 Å². The molecule has 1 aromatic carbocycles. The minimum absolute atomic E-state index is 0.130. The SMILES string of the molecule is O=C(O)c1cccc(N(CCO)C2CCC2)c1[N+](=O)[O-]. The highest BCUT2D eigenvalue weighted by Gasteiger charge is 2.32. The lowest BCUT2D eigenvalue weighted by Gasteiger charge is -2.38. The number of hydrogen-bond donors (Lipinski definition) is 2. The molecule has 2 N–H and O–H groups in total. The number of anilines is 1. The fourth-order valence-corrected chi connectivity index (χ4v) is 2.43. The van der Waals surface area contributed by atoms with Crippen LogP contribution in [0.25, 0.3) is 0 Å². The lowest BCUT2D eigenvalue weighted by molar-refractivity contribution is -0.384. The van der Waals surface area contributed by atoms with E-state index in [-0.39, 0.29) is 30.4 Å². The van der Waals surface area contributed by atoms with E-state index in [4.69, 9.17) is 10.2 Å². The van der Waals surface area contributed by atoms with Crippen molar-refractivity contribution in [3.05, 3.63) is 33.9 Å². The number of rotatable bonds is 6. The first kappa shape index (κ1) is 14.3. The van der Waals surface area contributed by atoms with Gasteiger partial charge in [-0.3, -0.25) is 10.1 Å². The third-order valence-corrected chi connectivity index (χ3v) is 3.59. The van der Waals surface area contributed by atoms with Gasteiger partial charge in [0.25, 0.3) is 0 Å². The molecular formula is C13H16N2O5. The van der Waals surface area contributed by atoms with Gasteiger partial charge in [-0.25, -0.2) is 4.79 Å². The maximum atomic E-state index is 11.2. The quantitative estimate of drug-likeness (QED) is 0.606. The summed E-state index contributed by atoms with van der Waals surface area (Å²) >= 11 is 0. The first-order valence-electron chi connectivity index (χ1n) is 6.44. The van der Waals surface area contributed by atoms with Gasteiger partial charge in [0, 0.05) is 12.6 Å². The van der Waals surface area contributed by atoms with Crippen molar-refractivity contribution >= 4 is 17.3 Å². The number of para-hydroxylation sites is 1. The smallest absolute Gasteiger partial charge is 0.342 e. The van der Waals surface area contributed by atoms with E-state index in [1.807, 2.05) is 0 Å². The van der Waals surface area contributed by atoms with Gasteiger partial charge in [0.2, 0.25) is 0 Å². The van der Waals surface area contributed by atoms with Crippen LogP contribution in [0.4, 0.5) is 11.4 Å². The Hall–Kier alpha value is -2.15. The van der Waals surface area contributed by atoms with Crippen molar-refractivity contribution in [1.29, 1.82) is 0 Å². The lowest BCUT2D eigenvalue weighted by atomic mass is 9.90. The number of carbonyl (C=O) groups is 1. The Kier molecular flexibility index (Phi) is 4.19. The molecule has 108 valence electrons. The number of benzene rings is 1. The van der Waals surface area contributed by atoms with Gasteiger partial charge >= 0.3 is 11.7 Å². The van der Waals surface area contributed by atoms with Gasteiger partial charge in [0.05, 0.1) is 11.5 Å². The molecule has 20 heavy (non-hydrogen) atoms. The van der Waals surface area contributed by atoms with Crippen molar-refractivity contribution < 1.29 is 19.9 Å². The van der Waals surface area contributed by atoms with Crippen LogP contribution in [0.3, 0.4) is 0 Å². The van der Waals surface area contributed by atoms with Gasteiger partial charge < -0.3 is 15.1 Å². The minimum Gasteiger partial charge on any atom is -0.477 e. The molecule has 0 aliphatic heterocycles. The summed E-state index contributed by atoms with van der Waals surface area (Å²) in [4.78, 5) is 23.5. The zero-order valence-corrected chi connectivity index (χ0v) is 10.9. The van der Waals surface area contributed by atoms with Gasteiger partial charge in [-0.15, -0.1) is 0 Å². The molecule has 0 unspecified atom stereocenters. The Morgan fingerprint density at radius 2 is 2.15 bits per heavy atom. The first-order valence-corrected chi connectivity index (χ1v) is 6.44. The molecule has 0 radical (unpaired) electrons. The van der Waals surface area contributed by atoms with E-state index in [2.05, 4.69) is 0 Å². The number of nitro benzene ring substituents is 1. The highest BCUT2D eigenvalue weighted by Crippen LogP contribution is 2.37. The molecule has 2 rings (SSSR count). The van der Waals surface area contributed by atoms with Crippen LogP contribution in [-0.4, -0.2) is 40.3 Å². The van der Waals surface area contributed by atoms with E-state index in [1.165, 1.54) is 12.1 Å². The summed E-state index contributed by atoms with van der Waals surface area (Å²) in [5, 5.41) is 29.5. The van der Waals surface area contributed by atoms with Crippen molar-refractivity contribution in [3.8, 4) is 0 Å². The molecule has 0 spiro atoms. The summed E-state index contributed by atoms with van der Waals surface area (Å²) in [6, 6.07) is 4.39. The van der Waals surface area contributed by atoms with Crippen LogP contribution >= 0.6 is 0 Å². The average Bonchev–Trinajstić information content (AvgIpc) is 2.35. The van der Waals surface area contributed by atoms with E-state index >= 15 is 0 Å². The van der Waals surface area contributed by atoms with Crippen molar-refractivity contribution in [1.82, 2.24) is 0 Å².